The van der Waals surface area contributed by atoms with E-state index in [-0.39, 0.29) is 25.3 Å². The SMILES string of the molecule is CC1(C)CN(c2ccc(C#N)c(C(F)(F)F)c2)C(=O)N1CC=CCN1C(=O)N(c2ccc(S(C)(=O)=O)c(C(F)(F)F)c2)C(=O)C1(C)C. The van der Waals surface area contributed by atoms with E-state index in [1.807, 2.05) is 0 Å². The number of urea groups is 2. The van der Waals surface area contributed by atoms with Gasteiger partial charge in [0.1, 0.15) is 5.54 Å². The zero-order valence-electron chi connectivity index (χ0n) is 25.7. The number of carbonyl (C=O) groups excluding carboxylic acids is 3. The van der Waals surface area contributed by atoms with Crippen molar-refractivity contribution in [3.63, 3.8) is 0 Å². The molecule has 2 aromatic rings. The van der Waals surface area contributed by atoms with Crippen LogP contribution in [0.3, 0.4) is 0 Å². The van der Waals surface area contributed by atoms with Gasteiger partial charge in [0.25, 0.3) is 5.91 Å². The molecule has 47 heavy (non-hydrogen) atoms. The first-order valence-corrected chi connectivity index (χ1v) is 15.7. The van der Waals surface area contributed by atoms with Gasteiger partial charge in [-0.3, -0.25) is 9.69 Å². The quantitative estimate of drug-likeness (QED) is 0.206. The van der Waals surface area contributed by atoms with Crippen LogP contribution in [0.15, 0.2) is 53.4 Å². The molecule has 0 spiro atoms. The van der Waals surface area contributed by atoms with Crippen LogP contribution < -0.4 is 9.80 Å². The second kappa shape index (κ2) is 11.6. The summed E-state index contributed by atoms with van der Waals surface area (Å²) in [6.07, 6.45) is -6.36. The first-order valence-electron chi connectivity index (χ1n) is 13.9. The number of alkyl halides is 6. The molecule has 2 saturated heterocycles. The largest absolute Gasteiger partial charge is 0.417 e. The van der Waals surface area contributed by atoms with Gasteiger partial charge < -0.3 is 9.80 Å². The van der Waals surface area contributed by atoms with Crippen LogP contribution >= 0.6 is 0 Å². The Balaban J connectivity index is 1.54. The maximum absolute atomic E-state index is 13.7. The summed E-state index contributed by atoms with van der Waals surface area (Å²) in [5.41, 5.74) is -6.21. The van der Waals surface area contributed by atoms with E-state index in [0.29, 0.717) is 23.3 Å². The number of halogens is 6. The number of hydrogen-bond donors (Lipinski definition) is 0. The van der Waals surface area contributed by atoms with Crippen LogP contribution in [-0.2, 0) is 27.0 Å². The summed E-state index contributed by atoms with van der Waals surface area (Å²) < 4.78 is 106. The van der Waals surface area contributed by atoms with E-state index in [1.165, 1.54) is 43.0 Å². The highest BCUT2D eigenvalue weighted by Gasteiger charge is 2.52. The Hall–Kier alpha value is -4.59. The average Bonchev–Trinajstić information content (AvgIpc) is 3.27. The van der Waals surface area contributed by atoms with E-state index in [0.717, 1.165) is 28.0 Å². The molecule has 2 aliphatic rings. The van der Waals surface area contributed by atoms with Gasteiger partial charge in [-0.15, -0.1) is 0 Å². The fourth-order valence-corrected chi connectivity index (χ4v) is 6.32. The average molecular weight is 686 g/mol. The zero-order chi connectivity index (χ0) is 35.5. The molecule has 17 heteroatoms. The summed E-state index contributed by atoms with van der Waals surface area (Å²) in [6, 6.07) is 4.94. The summed E-state index contributed by atoms with van der Waals surface area (Å²) in [4.78, 5) is 43.1. The van der Waals surface area contributed by atoms with Gasteiger partial charge in [0.2, 0.25) is 0 Å². The molecule has 0 saturated carbocycles. The highest BCUT2D eigenvalue weighted by Crippen LogP contribution is 2.40. The topological polar surface area (TPSA) is 122 Å². The van der Waals surface area contributed by atoms with Gasteiger partial charge in [-0.05, 0) is 64.1 Å². The number of anilines is 2. The van der Waals surface area contributed by atoms with E-state index in [9.17, 15) is 49.1 Å². The van der Waals surface area contributed by atoms with Crippen molar-refractivity contribution < 1.29 is 49.1 Å². The summed E-state index contributed by atoms with van der Waals surface area (Å²) in [7, 11) is -4.30. The van der Waals surface area contributed by atoms with Crippen LogP contribution in [0.1, 0.15) is 44.4 Å². The lowest BCUT2D eigenvalue weighted by Gasteiger charge is -2.29. The molecule has 252 valence electrons. The van der Waals surface area contributed by atoms with E-state index >= 15 is 0 Å². The Morgan fingerprint density at radius 3 is 1.89 bits per heavy atom. The van der Waals surface area contributed by atoms with Gasteiger partial charge in [-0.25, -0.2) is 22.9 Å². The van der Waals surface area contributed by atoms with E-state index < -0.39 is 78.5 Å². The number of amides is 5. The Bertz CT molecular complexity index is 1830. The molecule has 0 unspecified atom stereocenters. The first-order chi connectivity index (χ1) is 21.4. The summed E-state index contributed by atoms with van der Waals surface area (Å²) in [6.45, 7) is 5.91. The number of imide groups is 1. The van der Waals surface area contributed by atoms with Crippen molar-refractivity contribution >= 4 is 39.2 Å². The van der Waals surface area contributed by atoms with Crippen molar-refractivity contribution in [3.05, 3.63) is 65.2 Å². The van der Waals surface area contributed by atoms with Gasteiger partial charge in [-0.2, -0.15) is 31.6 Å². The van der Waals surface area contributed by atoms with Crippen LogP contribution in [0.5, 0.6) is 0 Å². The van der Waals surface area contributed by atoms with Crippen molar-refractivity contribution in [2.75, 3.05) is 35.7 Å². The zero-order valence-corrected chi connectivity index (χ0v) is 26.5. The number of nitriles is 1. The lowest BCUT2D eigenvalue weighted by molar-refractivity contribution is -0.140. The summed E-state index contributed by atoms with van der Waals surface area (Å²) in [5.74, 6) is -0.858. The van der Waals surface area contributed by atoms with E-state index in [2.05, 4.69) is 0 Å². The molecule has 5 amide bonds. The molecule has 0 bridgehead atoms. The minimum absolute atomic E-state index is 0.0159. The third kappa shape index (κ3) is 6.51. The van der Waals surface area contributed by atoms with E-state index in [4.69, 9.17) is 5.26 Å². The Kier molecular flexibility index (Phi) is 8.69. The summed E-state index contributed by atoms with van der Waals surface area (Å²) in [5, 5.41) is 9.07. The molecule has 2 fully saturated rings. The molecule has 2 aliphatic heterocycles. The minimum atomic E-state index is -5.10. The third-order valence-electron chi connectivity index (χ3n) is 7.97. The van der Waals surface area contributed by atoms with E-state index in [1.54, 1.807) is 13.8 Å². The smallest absolute Gasteiger partial charge is 0.314 e. The minimum Gasteiger partial charge on any atom is -0.314 e. The van der Waals surface area contributed by atoms with Crippen molar-refractivity contribution in [3.8, 4) is 6.07 Å². The highest BCUT2D eigenvalue weighted by molar-refractivity contribution is 7.90. The fraction of sp³-hybridized carbons (Fsp3) is 0.400. The monoisotopic (exact) mass is 685 g/mol. The third-order valence-corrected chi connectivity index (χ3v) is 9.13. The standard InChI is InChI=1S/C30H29F6N5O5S/c1-27(2)17-38(19-9-8-18(16-37)21(14-19)29(31,32)33)25(43)39(27)12-6-7-13-40-26(44)41(24(42)28(40,3)4)20-10-11-23(47(5,45)46)22(15-20)30(34,35)36/h6-11,14-15H,12-13,17H2,1-5H3. The highest BCUT2D eigenvalue weighted by atomic mass is 32.2. The predicted octanol–water partition coefficient (Wildman–Crippen LogP) is 5.82. The number of carbonyl (C=O) groups is 3. The second-order valence-electron chi connectivity index (χ2n) is 12.1. The van der Waals surface area contributed by atoms with Crippen molar-refractivity contribution in [1.29, 1.82) is 5.26 Å². The molecule has 0 aromatic heterocycles. The number of rotatable bonds is 7. The maximum atomic E-state index is 13.7. The van der Waals surface area contributed by atoms with Crippen LogP contribution in [0.2, 0.25) is 0 Å². The molecule has 0 atom stereocenters. The molecule has 2 heterocycles. The fourth-order valence-electron chi connectivity index (χ4n) is 5.44. The van der Waals surface area contributed by atoms with Gasteiger partial charge in [0, 0.05) is 25.0 Å². The van der Waals surface area contributed by atoms with Gasteiger partial charge in [0.05, 0.1) is 45.4 Å². The Morgan fingerprint density at radius 2 is 1.36 bits per heavy atom. The molecule has 0 aliphatic carbocycles. The summed E-state index contributed by atoms with van der Waals surface area (Å²) >= 11 is 0. The van der Waals surface area contributed by atoms with Crippen molar-refractivity contribution in [2.45, 2.75) is 56.0 Å². The van der Waals surface area contributed by atoms with Crippen molar-refractivity contribution in [1.82, 2.24) is 9.80 Å². The van der Waals surface area contributed by atoms with Crippen molar-refractivity contribution in [2.24, 2.45) is 0 Å². The number of sulfone groups is 1. The Morgan fingerprint density at radius 1 is 0.830 bits per heavy atom. The maximum Gasteiger partial charge on any atom is 0.417 e. The van der Waals surface area contributed by atoms with Gasteiger partial charge in [-0.1, -0.05) is 12.2 Å². The van der Waals surface area contributed by atoms with Crippen LogP contribution in [0.25, 0.3) is 0 Å². The molecule has 10 nitrogen and oxygen atoms in total. The molecule has 0 radical (unpaired) electrons. The van der Waals surface area contributed by atoms with Gasteiger partial charge >= 0.3 is 24.4 Å². The van der Waals surface area contributed by atoms with Gasteiger partial charge in [0.15, 0.2) is 9.84 Å². The molecule has 0 N–H and O–H groups in total. The van der Waals surface area contributed by atoms with Crippen LogP contribution in [0.4, 0.5) is 47.3 Å². The first kappa shape index (κ1) is 35.3. The number of hydrogen-bond acceptors (Lipinski definition) is 6. The predicted molar refractivity (Wildman–Crippen MR) is 157 cm³/mol. The Labute approximate surface area is 266 Å². The molecule has 2 aromatic carbocycles. The lowest BCUT2D eigenvalue weighted by atomic mass is 10.0. The molecule has 4 rings (SSSR count). The number of nitrogens with zero attached hydrogens (tertiary/aromatic N) is 5. The van der Waals surface area contributed by atoms with Crippen LogP contribution in [0, 0.1) is 11.3 Å². The number of benzene rings is 2. The second-order valence-corrected chi connectivity index (χ2v) is 14.1. The molecular formula is C30H29F6N5O5S. The molecular weight excluding hydrogens is 656 g/mol. The normalized spacial score (nSPS) is 18.6. The lowest BCUT2D eigenvalue weighted by Crippen LogP contribution is -2.44. The van der Waals surface area contributed by atoms with Crippen LogP contribution in [-0.4, -0.2) is 73.2 Å².